The number of anilines is 1. The molecule has 2 fully saturated rings. The maximum absolute atomic E-state index is 14.1. The van der Waals surface area contributed by atoms with Crippen LogP contribution in [0.25, 0.3) is 0 Å². The van der Waals surface area contributed by atoms with Crippen molar-refractivity contribution in [2.75, 3.05) is 39.6 Å². The fraction of sp³-hybridized carbons (Fsp3) is 0.594. The van der Waals surface area contributed by atoms with E-state index in [4.69, 9.17) is 5.73 Å². The SMILES string of the molecule is CCN(Cc1cc(O)c2c(c1N(C)C)C[C@H]1C[C@H]3[C@H](N(C)C)C(O)=C(C(N)=O)C(=O)[C@@]3(O)C(O)=C1C2=O)C1(C2CC2)CC1. The lowest BCUT2D eigenvalue weighted by molar-refractivity contribution is -0.148. The van der Waals surface area contributed by atoms with Gasteiger partial charge in [-0.3, -0.25) is 24.2 Å². The number of allylic oxidation sites excluding steroid dienone is 1. The summed E-state index contributed by atoms with van der Waals surface area (Å²) in [6.45, 7) is 3.65. The zero-order valence-electron chi connectivity index (χ0n) is 25.5. The monoisotopic (exact) mass is 594 g/mol. The molecule has 11 heteroatoms. The number of phenolic OH excluding ortho intramolecular Hbond substituents is 1. The fourth-order valence-corrected chi connectivity index (χ4v) is 8.57. The zero-order valence-corrected chi connectivity index (χ0v) is 25.5. The second kappa shape index (κ2) is 9.80. The molecule has 5 aliphatic rings. The lowest BCUT2D eigenvalue weighted by atomic mass is 9.58. The molecule has 232 valence electrons. The Morgan fingerprint density at radius 3 is 2.26 bits per heavy atom. The molecular formula is C32H42N4O7. The molecule has 0 heterocycles. The quantitative estimate of drug-likeness (QED) is 0.281. The average molecular weight is 595 g/mol. The largest absolute Gasteiger partial charge is 0.510 e. The van der Waals surface area contributed by atoms with Gasteiger partial charge in [0.1, 0.15) is 22.8 Å². The smallest absolute Gasteiger partial charge is 0.255 e. The van der Waals surface area contributed by atoms with Gasteiger partial charge in [-0.2, -0.15) is 0 Å². The van der Waals surface area contributed by atoms with Gasteiger partial charge >= 0.3 is 0 Å². The number of aliphatic hydroxyl groups is 3. The Morgan fingerprint density at radius 2 is 1.74 bits per heavy atom. The number of benzene rings is 1. The van der Waals surface area contributed by atoms with Gasteiger partial charge in [-0.05, 0) is 88.2 Å². The highest BCUT2D eigenvalue weighted by atomic mass is 16.3. The Hall–Kier alpha value is -3.41. The van der Waals surface area contributed by atoms with E-state index in [9.17, 15) is 34.8 Å². The molecule has 0 saturated heterocycles. The van der Waals surface area contributed by atoms with E-state index in [1.54, 1.807) is 25.1 Å². The zero-order chi connectivity index (χ0) is 31.3. The van der Waals surface area contributed by atoms with Crippen LogP contribution in [0, 0.1) is 17.8 Å². The number of fused-ring (bicyclic) bond motifs is 3. The van der Waals surface area contributed by atoms with Crippen LogP contribution in [0.2, 0.25) is 0 Å². The van der Waals surface area contributed by atoms with Crippen LogP contribution in [0.3, 0.4) is 0 Å². The third-order valence-corrected chi connectivity index (χ3v) is 10.7. The Labute approximate surface area is 251 Å². The number of ketones is 2. The van der Waals surface area contributed by atoms with Crippen LogP contribution in [0.15, 0.2) is 28.7 Å². The second-order valence-electron chi connectivity index (χ2n) is 13.5. The van der Waals surface area contributed by atoms with Gasteiger partial charge in [0, 0.05) is 43.4 Å². The molecule has 0 aromatic heterocycles. The Kier molecular flexibility index (Phi) is 6.76. The molecule has 6 N–H and O–H groups in total. The van der Waals surface area contributed by atoms with E-state index in [-0.39, 0.29) is 35.3 Å². The number of primary amides is 1. The summed E-state index contributed by atoms with van der Waals surface area (Å²) < 4.78 is 0. The van der Waals surface area contributed by atoms with E-state index in [2.05, 4.69) is 11.8 Å². The van der Waals surface area contributed by atoms with Crippen LogP contribution in [0.4, 0.5) is 5.69 Å². The summed E-state index contributed by atoms with van der Waals surface area (Å²) in [5.41, 5.74) is 4.49. The molecule has 0 unspecified atom stereocenters. The molecule has 4 atom stereocenters. The molecule has 0 aliphatic heterocycles. The van der Waals surface area contributed by atoms with Gasteiger partial charge in [-0.1, -0.05) is 6.92 Å². The van der Waals surface area contributed by atoms with Crippen LogP contribution < -0.4 is 10.6 Å². The lowest BCUT2D eigenvalue weighted by Gasteiger charge is -2.50. The first kappa shape index (κ1) is 29.7. The van der Waals surface area contributed by atoms with Gasteiger partial charge in [-0.15, -0.1) is 0 Å². The summed E-state index contributed by atoms with van der Waals surface area (Å²) in [5, 5.41) is 45.7. The minimum atomic E-state index is -2.65. The van der Waals surface area contributed by atoms with E-state index in [0.717, 1.165) is 17.8 Å². The highest BCUT2D eigenvalue weighted by molar-refractivity contribution is 6.24. The van der Waals surface area contributed by atoms with Crippen LogP contribution >= 0.6 is 0 Å². The molecule has 6 rings (SSSR count). The summed E-state index contributed by atoms with van der Waals surface area (Å²) in [6, 6.07) is 0.615. The van der Waals surface area contributed by atoms with E-state index in [1.807, 2.05) is 19.0 Å². The number of Topliss-reactive ketones (excluding diaryl/α,β-unsaturated/α-hetero) is 2. The number of phenols is 1. The Morgan fingerprint density at radius 1 is 1.09 bits per heavy atom. The van der Waals surface area contributed by atoms with Crippen LogP contribution in [0.1, 0.15) is 60.5 Å². The molecule has 43 heavy (non-hydrogen) atoms. The summed E-state index contributed by atoms with van der Waals surface area (Å²) in [7, 11) is 7.05. The first-order chi connectivity index (χ1) is 20.2. The number of carbonyl (C=O) groups excluding carboxylic acids is 3. The number of aromatic hydroxyl groups is 1. The van der Waals surface area contributed by atoms with Gasteiger partial charge in [0.2, 0.25) is 5.78 Å². The van der Waals surface area contributed by atoms with E-state index >= 15 is 0 Å². The average Bonchev–Trinajstić information content (AvgIpc) is 3.82. The van der Waals surface area contributed by atoms with Crippen molar-refractivity contribution in [2.24, 2.45) is 23.5 Å². The van der Waals surface area contributed by atoms with E-state index in [1.165, 1.54) is 25.7 Å². The summed E-state index contributed by atoms with van der Waals surface area (Å²) in [5.74, 6) is -5.72. The van der Waals surface area contributed by atoms with Crippen molar-refractivity contribution in [1.29, 1.82) is 0 Å². The summed E-state index contributed by atoms with van der Waals surface area (Å²) in [4.78, 5) is 45.9. The molecular weight excluding hydrogens is 552 g/mol. The molecule has 11 nitrogen and oxygen atoms in total. The normalized spacial score (nSPS) is 29.5. The molecule has 1 aromatic carbocycles. The van der Waals surface area contributed by atoms with Crippen LogP contribution in [-0.2, 0) is 22.6 Å². The number of nitrogens with zero attached hydrogens (tertiary/aromatic N) is 3. The minimum Gasteiger partial charge on any atom is -0.510 e. The molecule has 1 amide bonds. The van der Waals surface area contributed by atoms with E-state index in [0.29, 0.717) is 18.0 Å². The third-order valence-electron chi connectivity index (χ3n) is 10.7. The fourth-order valence-electron chi connectivity index (χ4n) is 8.57. The van der Waals surface area contributed by atoms with Crippen molar-refractivity contribution in [3.63, 3.8) is 0 Å². The number of nitrogens with two attached hydrogens (primary N) is 1. The number of hydrogen-bond acceptors (Lipinski definition) is 10. The number of amides is 1. The molecule has 0 spiro atoms. The van der Waals surface area contributed by atoms with Crippen molar-refractivity contribution in [3.05, 3.63) is 45.4 Å². The van der Waals surface area contributed by atoms with Crippen LogP contribution in [-0.4, -0.2) is 99.6 Å². The number of rotatable bonds is 8. The van der Waals surface area contributed by atoms with Gasteiger partial charge in [-0.25, -0.2) is 0 Å². The Bertz CT molecular complexity index is 1500. The second-order valence-corrected chi connectivity index (χ2v) is 13.5. The van der Waals surface area contributed by atoms with Gasteiger partial charge in [0.05, 0.1) is 11.6 Å². The number of hydrogen-bond donors (Lipinski definition) is 5. The van der Waals surface area contributed by atoms with Gasteiger partial charge in [0.15, 0.2) is 11.4 Å². The maximum atomic E-state index is 14.1. The van der Waals surface area contributed by atoms with Crippen molar-refractivity contribution < 1.29 is 34.8 Å². The first-order valence-electron chi connectivity index (χ1n) is 15.2. The molecule has 0 radical (unpaired) electrons. The van der Waals surface area contributed by atoms with Gasteiger partial charge in [0.25, 0.3) is 5.91 Å². The third kappa shape index (κ3) is 4.08. The van der Waals surface area contributed by atoms with Crippen molar-refractivity contribution in [3.8, 4) is 5.75 Å². The summed E-state index contributed by atoms with van der Waals surface area (Å²) >= 11 is 0. The van der Waals surface area contributed by atoms with Crippen molar-refractivity contribution in [1.82, 2.24) is 9.80 Å². The van der Waals surface area contributed by atoms with Crippen LogP contribution in [0.5, 0.6) is 5.75 Å². The number of likely N-dealkylation sites (N-methyl/N-ethyl adjacent to an activating group) is 1. The van der Waals surface area contributed by atoms with Crippen molar-refractivity contribution >= 4 is 23.2 Å². The molecule has 5 aliphatic carbocycles. The number of aliphatic hydroxyl groups excluding tert-OH is 2. The predicted molar refractivity (Wildman–Crippen MR) is 159 cm³/mol. The minimum absolute atomic E-state index is 0.0413. The van der Waals surface area contributed by atoms with Gasteiger partial charge < -0.3 is 31.1 Å². The number of carbonyl (C=O) groups is 3. The Balaban J connectivity index is 1.48. The van der Waals surface area contributed by atoms with Crippen molar-refractivity contribution in [2.45, 2.75) is 69.2 Å². The highest BCUT2D eigenvalue weighted by Crippen LogP contribution is 2.58. The van der Waals surface area contributed by atoms with E-state index < -0.39 is 58.0 Å². The first-order valence-corrected chi connectivity index (χ1v) is 15.2. The lowest BCUT2D eigenvalue weighted by Crippen LogP contribution is -2.63. The summed E-state index contributed by atoms with van der Waals surface area (Å²) in [6.07, 6.45) is 5.16. The predicted octanol–water partition coefficient (Wildman–Crippen LogP) is 1.95. The standard InChI is InChI=1S/C32H42N4O7/c1-6-36(31(9-10-31)17-7-8-17)14-16-13-20(37)22-18(24(16)34(2)3)11-15-12-19-25(35(4)5)27(39)23(30(33)42)29(41)32(19,43)28(40)21(15)26(22)38/h13,15,17,19,25,37,39-40,43H,6-12,14H2,1-5H3,(H2,33,42)/t15-,19-,25-,32-/m0/s1. The molecule has 0 bridgehead atoms. The molecule has 1 aromatic rings. The maximum Gasteiger partial charge on any atom is 0.255 e. The topological polar surface area (TPSA) is 168 Å². The highest BCUT2D eigenvalue weighted by Gasteiger charge is 2.63. The molecule has 2 saturated carbocycles.